The molecule has 0 N–H and O–H groups in total. The molecular weight excluding hydrogens is 388 g/mol. The summed E-state index contributed by atoms with van der Waals surface area (Å²) in [4.78, 5) is 27.1. The van der Waals surface area contributed by atoms with Crippen LogP contribution in [0.15, 0.2) is 61.3 Å². The molecule has 1 fully saturated rings. The highest BCUT2D eigenvalue weighted by Gasteiger charge is 2.26. The Kier molecular flexibility index (Phi) is 6.12. The van der Waals surface area contributed by atoms with Gasteiger partial charge in [-0.3, -0.25) is 9.78 Å². The molecule has 0 bridgehead atoms. The number of hydrogen-bond acceptors (Lipinski definition) is 5. The number of halogens is 1. The molecule has 1 atom stereocenters. The van der Waals surface area contributed by atoms with Crippen LogP contribution >= 0.6 is 11.6 Å². The van der Waals surface area contributed by atoms with Crippen LogP contribution in [0.2, 0.25) is 5.02 Å². The monoisotopic (exact) mass is 408 g/mol. The lowest BCUT2D eigenvalue weighted by molar-refractivity contribution is -0.139. The second-order valence-electron chi connectivity index (χ2n) is 6.93. The van der Waals surface area contributed by atoms with E-state index in [1.54, 1.807) is 18.6 Å². The van der Waals surface area contributed by atoms with Gasteiger partial charge >= 0.3 is 0 Å². The average Bonchev–Trinajstić information content (AvgIpc) is 2.78. The van der Waals surface area contributed by atoms with E-state index >= 15 is 0 Å². The van der Waals surface area contributed by atoms with Crippen LogP contribution in [0.4, 0.5) is 0 Å². The highest BCUT2D eigenvalue weighted by atomic mass is 35.5. The van der Waals surface area contributed by atoms with E-state index in [0.717, 1.165) is 22.4 Å². The lowest BCUT2D eigenvalue weighted by atomic mass is 10.1. The number of morpholine rings is 1. The number of carbonyl (C=O) groups is 1. The molecule has 0 saturated carbocycles. The minimum Gasteiger partial charge on any atom is -0.368 e. The first kappa shape index (κ1) is 19.5. The van der Waals surface area contributed by atoms with Crippen molar-refractivity contribution in [2.24, 2.45) is 0 Å². The van der Waals surface area contributed by atoms with Crippen LogP contribution in [0.5, 0.6) is 0 Å². The van der Waals surface area contributed by atoms with Gasteiger partial charge in [0.25, 0.3) is 0 Å². The van der Waals surface area contributed by atoms with Crippen molar-refractivity contribution in [2.75, 3.05) is 19.7 Å². The Morgan fingerprint density at radius 3 is 2.76 bits per heavy atom. The molecular formula is C22H21ClN4O2. The van der Waals surface area contributed by atoms with E-state index in [9.17, 15) is 4.79 Å². The number of aryl methyl sites for hydroxylation is 1. The first-order valence-corrected chi connectivity index (χ1v) is 9.92. The van der Waals surface area contributed by atoms with Crippen LogP contribution in [-0.2, 0) is 16.0 Å². The number of amides is 1. The molecule has 0 spiro atoms. The predicted molar refractivity (Wildman–Crippen MR) is 110 cm³/mol. The quantitative estimate of drug-likeness (QED) is 0.643. The molecule has 29 heavy (non-hydrogen) atoms. The molecule has 6 nitrogen and oxygen atoms in total. The average molecular weight is 409 g/mol. The van der Waals surface area contributed by atoms with Gasteiger partial charge in [0.05, 0.1) is 18.8 Å². The van der Waals surface area contributed by atoms with Crippen molar-refractivity contribution in [1.82, 2.24) is 19.9 Å². The van der Waals surface area contributed by atoms with Gasteiger partial charge in [0, 0.05) is 47.7 Å². The third kappa shape index (κ3) is 4.96. The van der Waals surface area contributed by atoms with Crippen LogP contribution in [0, 0.1) is 0 Å². The van der Waals surface area contributed by atoms with Crippen LogP contribution in [-0.4, -0.2) is 45.5 Å². The van der Waals surface area contributed by atoms with Gasteiger partial charge in [-0.2, -0.15) is 0 Å². The van der Waals surface area contributed by atoms with E-state index in [2.05, 4.69) is 15.0 Å². The highest BCUT2D eigenvalue weighted by molar-refractivity contribution is 6.30. The maximum Gasteiger partial charge on any atom is 0.223 e. The summed E-state index contributed by atoms with van der Waals surface area (Å²) >= 11 is 6.02. The first-order valence-electron chi connectivity index (χ1n) is 9.54. The van der Waals surface area contributed by atoms with Gasteiger partial charge in [-0.1, -0.05) is 29.8 Å². The second kappa shape index (κ2) is 9.11. The molecule has 4 rings (SSSR count). The summed E-state index contributed by atoms with van der Waals surface area (Å²) in [5.41, 5.74) is 3.74. The molecule has 0 radical (unpaired) electrons. The Hall–Kier alpha value is -2.83. The standard InChI is InChI=1S/C22H21ClN4O2/c23-19-3-1-2-16(10-19)4-7-22(28)27-8-9-29-21(14-27)20-6-5-17(13-26-20)18-11-24-15-25-12-18/h1-3,5-6,10-13,15,21H,4,7-9,14H2. The summed E-state index contributed by atoms with van der Waals surface area (Å²) in [6.07, 6.45) is 7.69. The molecule has 1 saturated heterocycles. The third-order valence-electron chi connectivity index (χ3n) is 4.95. The number of ether oxygens (including phenoxy) is 1. The normalized spacial score (nSPS) is 16.6. The Bertz CT molecular complexity index is 966. The van der Waals surface area contributed by atoms with E-state index in [4.69, 9.17) is 16.3 Å². The van der Waals surface area contributed by atoms with E-state index < -0.39 is 0 Å². The smallest absolute Gasteiger partial charge is 0.223 e. The molecule has 0 aliphatic carbocycles. The fourth-order valence-electron chi connectivity index (χ4n) is 3.37. The topological polar surface area (TPSA) is 68.2 Å². The summed E-state index contributed by atoms with van der Waals surface area (Å²) in [5, 5.41) is 0.693. The van der Waals surface area contributed by atoms with Crippen LogP contribution < -0.4 is 0 Å². The number of hydrogen-bond donors (Lipinski definition) is 0. The van der Waals surface area contributed by atoms with E-state index in [1.165, 1.54) is 6.33 Å². The van der Waals surface area contributed by atoms with E-state index in [1.807, 2.05) is 41.3 Å². The number of nitrogens with zero attached hydrogens (tertiary/aromatic N) is 4. The zero-order valence-electron chi connectivity index (χ0n) is 15.9. The summed E-state index contributed by atoms with van der Waals surface area (Å²) in [6.45, 7) is 1.61. The fourth-order valence-corrected chi connectivity index (χ4v) is 3.58. The van der Waals surface area contributed by atoms with Gasteiger partial charge in [0.15, 0.2) is 0 Å². The van der Waals surface area contributed by atoms with Crippen molar-refractivity contribution in [3.63, 3.8) is 0 Å². The first-order chi connectivity index (χ1) is 14.2. The highest BCUT2D eigenvalue weighted by Crippen LogP contribution is 2.24. The van der Waals surface area contributed by atoms with Crippen LogP contribution in [0.3, 0.4) is 0 Å². The molecule has 1 aliphatic rings. The fraction of sp³-hybridized carbons (Fsp3) is 0.273. The van der Waals surface area contributed by atoms with Crippen molar-refractivity contribution < 1.29 is 9.53 Å². The van der Waals surface area contributed by atoms with Gasteiger partial charge < -0.3 is 9.64 Å². The Morgan fingerprint density at radius 1 is 1.14 bits per heavy atom. The number of pyridine rings is 1. The van der Waals surface area contributed by atoms with Crippen molar-refractivity contribution in [2.45, 2.75) is 18.9 Å². The predicted octanol–water partition coefficient (Wildman–Crippen LogP) is 3.72. The zero-order chi connectivity index (χ0) is 20.1. The number of carbonyl (C=O) groups excluding carboxylic acids is 1. The molecule has 2 aromatic heterocycles. The minimum absolute atomic E-state index is 0.122. The molecule has 1 amide bonds. The molecule has 148 valence electrons. The maximum absolute atomic E-state index is 12.7. The molecule has 1 unspecified atom stereocenters. The Balaban J connectivity index is 1.37. The van der Waals surface area contributed by atoms with Crippen molar-refractivity contribution in [1.29, 1.82) is 0 Å². The summed E-state index contributed by atoms with van der Waals surface area (Å²) in [5.74, 6) is 0.122. The van der Waals surface area contributed by atoms with Gasteiger partial charge in [-0.15, -0.1) is 0 Å². The van der Waals surface area contributed by atoms with Crippen molar-refractivity contribution in [3.05, 3.63) is 77.6 Å². The second-order valence-corrected chi connectivity index (χ2v) is 7.36. The SMILES string of the molecule is O=C(CCc1cccc(Cl)c1)N1CCOC(c2ccc(-c3cncnc3)cn2)C1. The van der Waals surface area contributed by atoms with Crippen LogP contribution in [0.1, 0.15) is 23.8 Å². The summed E-state index contributed by atoms with van der Waals surface area (Å²) in [6, 6.07) is 11.5. The molecule has 7 heteroatoms. The number of aromatic nitrogens is 3. The zero-order valence-corrected chi connectivity index (χ0v) is 16.6. The van der Waals surface area contributed by atoms with Gasteiger partial charge in [-0.05, 0) is 30.2 Å². The number of benzene rings is 1. The maximum atomic E-state index is 12.7. The lowest BCUT2D eigenvalue weighted by Gasteiger charge is -2.32. The minimum atomic E-state index is -0.222. The van der Waals surface area contributed by atoms with Crippen molar-refractivity contribution in [3.8, 4) is 11.1 Å². The van der Waals surface area contributed by atoms with Gasteiger partial charge in [0.1, 0.15) is 12.4 Å². The molecule has 3 aromatic rings. The number of rotatable bonds is 5. The van der Waals surface area contributed by atoms with E-state index in [0.29, 0.717) is 37.6 Å². The largest absolute Gasteiger partial charge is 0.368 e. The van der Waals surface area contributed by atoms with Gasteiger partial charge in [-0.25, -0.2) is 9.97 Å². The Morgan fingerprint density at radius 2 is 2.00 bits per heavy atom. The Labute approximate surface area is 174 Å². The third-order valence-corrected chi connectivity index (χ3v) is 5.18. The molecule has 1 aliphatic heterocycles. The summed E-state index contributed by atoms with van der Waals surface area (Å²) < 4.78 is 5.87. The van der Waals surface area contributed by atoms with Crippen molar-refractivity contribution >= 4 is 17.5 Å². The molecule has 3 heterocycles. The lowest BCUT2D eigenvalue weighted by Crippen LogP contribution is -2.42. The molecule has 1 aromatic carbocycles. The van der Waals surface area contributed by atoms with Gasteiger partial charge in [0.2, 0.25) is 5.91 Å². The van der Waals surface area contributed by atoms with E-state index in [-0.39, 0.29) is 12.0 Å². The summed E-state index contributed by atoms with van der Waals surface area (Å²) in [7, 11) is 0. The van der Waals surface area contributed by atoms with Crippen LogP contribution in [0.25, 0.3) is 11.1 Å².